The van der Waals surface area contributed by atoms with Crippen molar-refractivity contribution in [3.05, 3.63) is 65.2 Å². The lowest BCUT2D eigenvalue weighted by Gasteiger charge is -2.53. The van der Waals surface area contributed by atoms with Crippen molar-refractivity contribution in [2.75, 3.05) is 20.6 Å². The molecule has 0 bridgehead atoms. The van der Waals surface area contributed by atoms with E-state index in [1.807, 2.05) is 88.3 Å². The predicted molar refractivity (Wildman–Crippen MR) is 148 cm³/mol. The molecule has 0 saturated carbocycles. The fourth-order valence-electron chi connectivity index (χ4n) is 4.89. The van der Waals surface area contributed by atoms with Crippen molar-refractivity contribution in [2.24, 2.45) is 5.41 Å². The van der Waals surface area contributed by atoms with Crippen LogP contribution in [0.2, 0.25) is 0 Å². The van der Waals surface area contributed by atoms with Gasteiger partial charge in [-0.1, -0.05) is 69.2 Å². The zero-order valence-corrected chi connectivity index (χ0v) is 23.5. The number of ether oxygens (including phenoxy) is 1. The van der Waals surface area contributed by atoms with Gasteiger partial charge in [-0.2, -0.15) is 0 Å². The number of imide groups is 1. The largest absolute Gasteiger partial charge is 0.469 e. The number of rotatable bonds is 12. The molecule has 0 aliphatic carbocycles. The summed E-state index contributed by atoms with van der Waals surface area (Å²) in [5.74, 6) is 0.315. The molecule has 1 heterocycles. The monoisotopic (exact) mass is 522 g/mol. The molecular formula is C30H42N4O4. The lowest BCUT2D eigenvalue weighted by Crippen LogP contribution is -2.73. The number of hydrogen-bond acceptors (Lipinski definition) is 5. The van der Waals surface area contributed by atoms with E-state index >= 15 is 0 Å². The summed E-state index contributed by atoms with van der Waals surface area (Å²) in [5, 5.41) is 5.97. The number of aryl methyl sites for hydroxylation is 1. The van der Waals surface area contributed by atoms with Crippen LogP contribution in [0.15, 0.2) is 48.5 Å². The van der Waals surface area contributed by atoms with E-state index in [1.54, 1.807) is 0 Å². The van der Waals surface area contributed by atoms with Gasteiger partial charge in [0.2, 0.25) is 11.8 Å². The molecule has 0 radical (unpaired) electrons. The van der Waals surface area contributed by atoms with Crippen molar-refractivity contribution < 1.29 is 19.1 Å². The number of carbonyl (C=O) groups excluding carboxylic acids is 3. The van der Waals surface area contributed by atoms with Gasteiger partial charge in [-0.05, 0) is 63.5 Å². The van der Waals surface area contributed by atoms with Crippen molar-refractivity contribution in [2.45, 2.75) is 72.2 Å². The maximum Gasteiger partial charge on any atom is 0.327 e. The van der Waals surface area contributed by atoms with Crippen LogP contribution >= 0.6 is 0 Å². The molecule has 2 aromatic carbocycles. The number of hydrogen-bond donors (Lipinski definition) is 2. The smallest absolute Gasteiger partial charge is 0.327 e. The Kier molecular flexibility index (Phi) is 9.91. The Morgan fingerprint density at radius 2 is 1.66 bits per heavy atom. The zero-order chi connectivity index (χ0) is 27.9. The Labute approximate surface area is 226 Å². The third kappa shape index (κ3) is 6.54. The number of urea groups is 1. The van der Waals surface area contributed by atoms with Crippen molar-refractivity contribution in [3.63, 3.8) is 0 Å². The lowest BCUT2D eigenvalue weighted by molar-refractivity contribution is -0.191. The highest BCUT2D eigenvalue weighted by atomic mass is 16.5. The summed E-state index contributed by atoms with van der Waals surface area (Å²) >= 11 is 0. The Hall–Kier alpha value is -3.39. The normalized spacial score (nSPS) is 17.1. The molecule has 1 saturated heterocycles. The topological polar surface area (TPSA) is 91.0 Å². The van der Waals surface area contributed by atoms with Crippen LogP contribution in [0.1, 0.15) is 69.2 Å². The fraction of sp³-hybridized carbons (Fsp3) is 0.500. The Balaban J connectivity index is 1.73. The van der Waals surface area contributed by atoms with Crippen LogP contribution in [0.25, 0.3) is 0 Å². The van der Waals surface area contributed by atoms with Gasteiger partial charge in [0, 0.05) is 6.54 Å². The van der Waals surface area contributed by atoms with Crippen molar-refractivity contribution >= 4 is 17.8 Å². The summed E-state index contributed by atoms with van der Waals surface area (Å²) < 4.78 is 6.30. The molecule has 38 heavy (non-hydrogen) atoms. The Morgan fingerprint density at radius 1 is 1.03 bits per heavy atom. The summed E-state index contributed by atoms with van der Waals surface area (Å²) in [6, 6.07) is 14.9. The van der Waals surface area contributed by atoms with Gasteiger partial charge in [0.1, 0.15) is 11.2 Å². The van der Waals surface area contributed by atoms with E-state index in [-0.39, 0.29) is 17.9 Å². The minimum atomic E-state index is -0.750. The maximum atomic E-state index is 13.4. The molecule has 4 amide bonds. The first-order valence-electron chi connectivity index (χ1n) is 13.5. The van der Waals surface area contributed by atoms with E-state index in [4.69, 9.17) is 4.74 Å². The standard InChI is InChI=1S/C30H42N4O4/c1-7-10-25(23-15-11-21(4)12-16-23)32-29(37)34-27(36)30(8-2,9-3)28(34)38-24-17-13-22(14-18-24)19-31-26(35)20-33(5)6/h11-18,25,28H,7-10,19-20H2,1-6H3,(H,31,35)(H,32,37)/t25-,28+/m1/s1. The van der Waals surface area contributed by atoms with Gasteiger partial charge in [0.15, 0.2) is 6.23 Å². The van der Waals surface area contributed by atoms with E-state index < -0.39 is 17.7 Å². The van der Waals surface area contributed by atoms with E-state index in [0.29, 0.717) is 31.7 Å². The minimum Gasteiger partial charge on any atom is -0.469 e. The molecule has 0 spiro atoms. The van der Waals surface area contributed by atoms with E-state index in [0.717, 1.165) is 29.5 Å². The number of β-lactam (4-membered cyclic amide) rings is 1. The van der Waals surface area contributed by atoms with Gasteiger partial charge in [-0.3, -0.25) is 9.59 Å². The molecule has 8 nitrogen and oxygen atoms in total. The summed E-state index contributed by atoms with van der Waals surface area (Å²) in [7, 11) is 3.69. The SMILES string of the molecule is CCC[C@@H](NC(=O)N1C(=O)C(CC)(CC)[C@@H]1Oc1ccc(CNC(=O)CN(C)C)cc1)c1ccc(C)cc1. The fourth-order valence-corrected chi connectivity index (χ4v) is 4.89. The van der Waals surface area contributed by atoms with Crippen LogP contribution in [-0.2, 0) is 16.1 Å². The van der Waals surface area contributed by atoms with E-state index in [1.165, 1.54) is 4.90 Å². The highest BCUT2D eigenvalue weighted by Crippen LogP contribution is 2.46. The molecule has 1 fully saturated rings. The maximum absolute atomic E-state index is 13.4. The van der Waals surface area contributed by atoms with Gasteiger partial charge in [-0.15, -0.1) is 0 Å². The first kappa shape index (κ1) is 29.2. The third-order valence-electron chi connectivity index (χ3n) is 7.31. The summed E-state index contributed by atoms with van der Waals surface area (Å²) in [6.07, 6.45) is 2.10. The number of likely N-dealkylation sites (N-methyl/N-ethyl adjacent to an activating group) is 1. The average molecular weight is 523 g/mol. The Bertz CT molecular complexity index is 1090. The number of benzene rings is 2. The lowest BCUT2D eigenvalue weighted by atomic mass is 9.72. The zero-order valence-electron chi connectivity index (χ0n) is 23.5. The molecule has 2 aromatic rings. The van der Waals surface area contributed by atoms with E-state index in [9.17, 15) is 14.4 Å². The van der Waals surface area contributed by atoms with Crippen molar-refractivity contribution in [1.29, 1.82) is 0 Å². The average Bonchev–Trinajstić information content (AvgIpc) is 2.89. The van der Waals surface area contributed by atoms with Crippen LogP contribution in [0, 0.1) is 12.3 Å². The highest BCUT2D eigenvalue weighted by Gasteiger charge is 2.63. The first-order chi connectivity index (χ1) is 18.1. The van der Waals surface area contributed by atoms with Gasteiger partial charge >= 0.3 is 6.03 Å². The molecule has 2 atom stereocenters. The first-order valence-corrected chi connectivity index (χ1v) is 13.5. The van der Waals surface area contributed by atoms with Gasteiger partial charge < -0.3 is 20.3 Å². The predicted octanol–water partition coefficient (Wildman–Crippen LogP) is 4.78. The number of carbonyl (C=O) groups is 3. The minimum absolute atomic E-state index is 0.0485. The van der Waals surface area contributed by atoms with Crippen LogP contribution in [0.3, 0.4) is 0 Å². The summed E-state index contributed by atoms with van der Waals surface area (Å²) in [5.41, 5.74) is 2.35. The molecule has 0 aromatic heterocycles. The van der Waals surface area contributed by atoms with Crippen LogP contribution < -0.4 is 15.4 Å². The van der Waals surface area contributed by atoms with Crippen molar-refractivity contribution in [3.8, 4) is 5.75 Å². The number of nitrogens with one attached hydrogen (secondary N) is 2. The molecule has 206 valence electrons. The summed E-state index contributed by atoms with van der Waals surface area (Å²) in [4.78, 5) is 41.7. The molecular weight excluding hydrogens is 480 g/mol. The van der Waals surface area contributed by atoms with Crippen LogP contribution in [-0.4, -0.2) is 54.5 Å². The molecule has 2 N–H and O–H groups in total. The van der Waals surface area contributed by atoms with Crippen LogP contribution in [0.5, 0.6) is 5.75 Å². The molecule has 1 aliphatic heterocycles. The summed E-state index contributed by atoms with van der Waals surface area (Å²) in [6.45, 7) is 8.76. The quantitative estimate of drug-likeness (QED) is 0.392. The van der Waals surface area contributed by atoms with Gasteiger partial charge in [-0.25, -0.2) is 9.69 Å². The number of nitrogens with zero attached hydrogens (tertiary/aromatic N) is 2. The second-order valence-corrected chi connectivity index (χ2v) is 10.4. The van der Waals surface area contributed by atoms with Gasteiger partial charge in [0.25, 0.3) is 0 Å². The second kappa shape index (κ2) is 12.9. The van der Waals surface area contributed by atoms with Gasteiger partial charge in [0.05, 0.1) is 12.6 Å². The Morgan fingerprint density at radius 3 is 2.21 bits per heavy atom. The number of amides is 4. The van der Waals surface area contributed by atoms with Crippen LogP contribution in [0.4, 0.5) is 4.79 Å². The molecule has 0 unspecified atom stereocenters. The third-order valence-corrected chi connectivity index (χ3v) is 7.31. The highest BCUT2D eigenvalue weighted by molar-refractivity contribution is 6.03. The van der Waals surface area contributed by atoms with E-state index in [2.05, 4.69) is 17.6 Å². The molecule has 3 rings (SSSR count). The number of likely N-dealkylation sites (tertiary alicyclic amines) is 1. The molecule has 1 aliphatic rings. The second-order valence-electron chi connectivity index (χ2n) is 10.4. The van der Waals surface area contributed by atoms with Crippen molar-refractivity contribution in [1.82, 2.24) is 20.4 Å². The molecule has 8 heteroatoms.